The van der Waals surface area contributed by atoms with Crippen LogP contribution in [0.3, 0.4) is 0 Å². The van der Waals surface area contributed by atoms with Crippen molar-refractivity contribution in [1.29, 1.82) is 0 Å². The van der Waals surface area contributed by atoms with E-state index in [0.717, 1.165) is 4.88 Å². The molecule has 0 spiro atoms. The van der Waals surface area contributed by atoms with Gasteiger partial charge in [0.25, 0.3) is 0 Å². The van der Waals surface area contributed by atoms with Gasteiger partial charge in [0.05, 0.1) is 12.0 Å². The number of benzene rings is 1. The third-order valence-corrected chi connectivity index (χ3v) is 3.48. The number of carbonyl (C=O) groups is 2. The summed E-state index contributed by atoms with van der Waals surface area (Å²) in [5.41, 5.74) is 6.56. The zero-order chi connectivity index (χ0) is 14.5. The van der Waals surface area contributed by atoms with E-state index in [4.69, 9.17) is 10.5 Å². The quantitative estimate of drug-likeness (QED) is 0.300. The first-order valence-electron chi connectivity index (χ1n) is 5.71. The van der Waals surface area contributed by atoms with E-state index in [-0.39, 0.29) is 11.8 Å². The van der Waals surface area contributed by atoms with Crippen molar-refractivity contribution in [1.82, 2.24) is 0 Å². The van der Waals surface area contributed by atoms with Crippen molar-refractivity contribution < 1.29 is 14.3 Å². The molecular weight excluding hydrogens is 276 g/mol. The number of amidine groups is 1. The fourth-order valence-electron chi connectivity index (χ4n) is 1.61. The van der Waals surface area contributed by atoms with Crippen molar-refractivity contribution in [2.24, 2.45) is 10.7 Å². The van der Waals surface area contributed by atoms with Crippen molar-refractivity contribution in [3.05, 3.63) is 46.2 Å². The maximum absolute atomic E-state index is 11.4. The molecule has 1 aromatic heterocycles. The van der Waals surface area contributed by atoms with Gasteiger partial charge in [-0.1, -0.05) is 6.07 Å². The van der Waals surface area contributed by atoms with Gasteiger partial charge >= 0.3 is 0 Å². The Hall–Kier alpha value is -2.47. The number of hydrogen-bond donors (Lipinski definition) is 1. The SMILES string of the molecule is COc1ccc(C(=O)C=O)cc1N=C(N)c1cccs1. The smallest absolute Gasteiger partial charge is 0.225 e. The van der Waals surface area contributed by atoms with Gasteiger partial charge in [-0.15, -0.1) is 11.3 Å². The second-order valence-corrected chi connectivity index (χ2v) is 4.79. The van der Waals surface area contributed by atoms with E-state index < -0.39 is 5.78 Å². The second kappa shape index (κ2) is 6.12. The third kappa shape index (κ3) is 2.92. The fourth-order valence-corrected chi connectivity index (χ4v) is 2.24. The van der Waals surface area contributed by atoms with Crippen LogP contribution in [-0.4, -0.2) is 25.0 Å². The van der Waals surface area contributed by atoms with Crippen LogP contribution in [-0.2, 0) is 4.79 Å². The molecule has 0 aliphatic rings. The highest BCUT2D eigenvalue weighted by Gasteiger charge is 2.10. The summed E-state index contributed by atoms with van der Waals surface area (Å²) in [5.74, 6) is 0.194. The van der Waals surface area contributed by atoms with Crippen LogP contribution in [0.2, 0.25) is 0 Å². The van der Waals surface area contributed by atoms with E-state index in [2.05, 4.69) is 4.99 Å². The number of ether oxygens (including phenoxy) is 1. The molecule has 0 amide bonds. The molecule has 0 bridgehead atoms. The minimum absolute atomic E-state index is 0.249. The summed E-state index contributed by atoms with van der Waals surface area (Å²) >= 11 is 1.46. The molecule has 0 atom stereocenters. The van der Waals surface area contributed by atoms with Crippen molar-refractivity contribution in [3.8, 4) is 5.75 Å². The van der Waals surface area contributed by atoms with E-state index in [9.17, 15) is 9.59 Å². The molecule has 6 heteroatoms. The van der Waals surface area contributed by atoms with Gasteiger partial charge in [-0.3, -0.25) is 9.59 Å². The average molecular weight is 288 g/mol. The van der Waals surface area contributed by atoms with Gasteiger partial charge in [0, 0.05) is 5.56 Å². The summed E-state index contributed by atoms with van der Waals surface area (Å²) in [7, 11) is 1.50. The first-order valence-corrected chi connectivity index (χ1v) is 6.59. The molecule has 2 aromatic rings. The number of Topliss-reactive ketones (excluding diaryl/α,β-unsaturated/α-hetero) is 1. The van der Waals surface area contributed by atoms with Crippen molar-refractivity contribution in [2.75, 3.05) is 7.11 Å². The molecule has 20 heavy (non-hydrogen) atoms. The molecule has 1 heterocycles. The van der Waals surface area contributed by atoms with E-state index in [1.807, 2.05) is 17.5 Å². The van der Waals surface area contributed by atoms with Gasteiger partial charge < -0.3 is 10.5 Å². The van der Waals surface area contributed by atoms with Crippen molar-refractivity contribution in [3.63, 3.8) is 0 Å². The monoisotopic (exact) mass is 288 g/mol. The van der Waals surface area contributed by atoms with Gasteiger partial charge in [0.2, 0.25) is 5.78 Å². The summed E-state index contributed by atoms with van der Waals surface area (Å²) in [6.45, 7) is 0. The van der Waals surface area contributed by atoms with Gasteiger partial charge in [-0.25, -0.2) is 4.99 Å². The Labute approximate surface area is 119 Å². The third-order valence-electron chi connectivity index (χ3n) is 2.58. The highest BCUT2D eigenvalue weighted by molar-refractivity contribution is 7.12. The number of aldehydes is 1. The number of nitrogens with two attached hydrogens (primary N) is 1. The van der Waals surface area contributed by atoms with E-state index in [0.29, 0.717) is 17.3 Å². The predicted octanol–water partition coefficient (Wildman–Crippen LogP) is 2.18. The molecule has 0 unspecified atom stereocenters. The van der Waals surface area contributed by atoms with Crippen molar-refractivity contribution in [2.45, 2.75) is 0 Å². The number of ketones is 1. The van der Waals surface area contributed by atoms with E-state index in [1.54, 1.807) is 6.07 Å². The fraction of sp³-hybridized carbons (Fsp3) is 0.0714. The number of nitrogens with zero attached hydrogens (tertiary/aromatic N) is 1. The Bertz CT molecular complexity index is 663. The average Bonchev–Trinajstić information content (AvgIpc) is 3.00. The molecule has 0 aliphatic carbocycles. The minimum Gasteiger partial charge on any atom is -0.494 e. The predicted molar refractivity (Wildman–Crippen MR) is 78.1 cm³/mol. The minimum atomic E-state index is -0.612. The van der Waals surface area contributed by atoms with Gasteiger partial charge in [-0.2, -0.15) is 0 Å². The molecular formula is C14H12N2O3S. The largest absolute Gasteiger partial charge is 0.494 e. The number of methoxy groups -OCH3 is 1. The molecule has 2 N–H and O–H groups in total. The molecule has 2 rings (SSSR count). The van der Waals surface area contributed by atoms with Crippen LogP contribution < -0.4 is 10.5 Å². The Morgan fingerprint density at radius 2 is 2.20 bits per heavy atom. The zero-order valence-electron chi connectivity index (χ0n) is 10.7. The van der Waals surface area contributed by atoms with Gasteiger partial charge in [0.1, 0.15) is 17.3 Å². The van der Waals surface area contributed by atoms with Gasteiger partial charge in [0.15, 0.2) is 6.29 Å². The number of aliphatic imine (C=N–C) groups is 1. The lowest BCUT2D eigenvalue weighted by atomic mass is 10.1. The highest BCUT2D eigenvalue weighted by atomic mass is 32.1. The van der Waals surface area contributed by atoms with Crippen molar-refractivity contribution >= 4 is 34.9 Å². The molecule has 0 saturated carbocycles. The maximum atomic E-state index is 11.4. The molecule has 102 valence electrons. The first kappa shape index (κ1) is 14.0. The first-order chi connectivity index (χ1) is 9.65. The normalized spacial score (nSPS) is 11.2. The molecule has 0 radical (unpaired) electrons. The Balaban J connectivity index is 2.46. The topological polar surface area (TPSA) is 81.8 Å². The lowest BCUT2D eigenvalue weighted by Crippen LogP contribution is -2.11. The van der Waals surface area contributed by atoms with E-state index >= 15 is 0 Å². The molecule has 1 aromatic carbocycles. The second-order valence-electron chi connectivity index (χ2n) is 3.84. The lowest BCUT2D eigenvalue weighted by molar-refractivity contribution is -0.104. The molecule has 0 saturated heterocycles. The lowest BCUT2D eigenvalue weighted by Gasteiger charge is -2.06. The summed E-state index contributed by atoms with van der Waals surface area (Å²) in [5, 5.41) is 1.89. The summed E-state index contributed by atoms with van der Waals surface area (Å²) < 4.78 is 5.17. The van der Waals surface area contributed by atoms with Crippen LogP contribution in [0.15, 0.2) is 40.7 Å². The number of hydrogen-bond acceptors (Lipinski definition) is 5. The molecule has 0 aliphatic heterocycles. The van der Waals surface area contributed by atoms with Crippen LogP contribution in [0.1, 0.15) is 15.2 Å². The Morgan fingerprint density at radius 1 is 1.40 bits per heavy atom. The number of carbonyl (C=O) groups excluding carboxylic acids is 2. The Kier molecular flexibility index (Phi) is 4.27. The molecule has 0 fully saturated rings. The van der Waals surface area contributed by atoms with Crippen LogP contribution in [0.4, 0.5) is 5.69 Å². The Morgan fingerprint density at radius 3 is 2.80 bits per heavy atom. The van der Waals surface area contributed by atoms with Crippen LogP contribution in [0.5, 0.6) is 5.75 Å². The maximum Gasteiger partial charge on any atom is 0.225 e. The van der Waals surface area contributed by atoms with Gasteiger partial charge in [-0.05, 0) is 29.6 Å². The van der Waals surface area contributed by atoms with Crippen LogP contribution in [0.25, 0.3) is 0 Å². The summed E-state index contributed by atoms with van der Waals surface area (Å²) in [6, 6.07) is 8.28. The molecule has 5 nitrogen and oxygen atoms in total. The number of rotatable bonds is 5. The highest BCUT2D eigenvalue weighted by Crippen LogP contribution is 2.29. The van der Waals surface area contributed by atoms with Crippen LogP contribution >= 0.6 is 11.3 Å². The number of thiophene rings is 1. The standard InChI is InChI=1S/C14H12N2O3S/c1-19-12-5-4-9(11(18)8-17)7-10(12)16-14(15)13-3-2-6-20-13/h2-8H,1H3,(H2,15,16). The van der Waals surface area contributed by atoms with E-state index in [1.165, 1.54) is 30.6 Å². The summed E-state index contributed by atoms with van der Waals surface area (Å²) in [4.78, 5) is 27.0. The summed E-state index contributed by atoms with van der Waals surface area (Å²) in [6.07, 6.45) is 0.262. The zero-order valence-corrected chi connectivity index (χ0v) is 11.5. The van der Waals surface area contributed by atoms with Crippen LogP contribution in [0, 0.1) is 0 Å².